The molecule has 5 rings (SSSR count). The molecule has 0 atom stereocenters. The van der Waals surface area contributed by atoms with E-state index < -0.39 is 0 Å². The average molecular weight is 422 g/mol. The summed E-state index contributed by atoms with van der Waals surface area (Å²) in [6, 6.07) is 4.01. The lowest BCUT2D eigenvalue weighted by atomic mass is 9.68. The Balaban J connectivity index is 1.15. The number of aryl methyl sites for hydroxylation is 1. The first-order valence-electron chi connectivity index (χ1n) is 10.9. The summed E-state index contributed by atoms with van der Waals surface area (Å²) in [5.41, 5.74) is 2.31. The van der Waals surface area contributed by atoms with Gasteiger partial charge in [0.1, 0.15) is 12.9 Å². The van der Waals surface area contributed by atoms with Crippen molar-refractivity contribution < 1.29 is 14.3 Å². The second-order valence-electron chi connectivity index (χ2n) is 8.90. The van der Waals surface area contributed by atoms with Gasteiger partial charge in [0.25, 0.3) is 0 Å². The summed E-state index contributed by atoms with van der Waals surface area (Å²) in [5.74, 6) is 1.23. The van der Waals surface area contributed by atoms with Gasteiger partial charge in [-0.3, -0.25) is 4.79 Å². The van der Waals surface area contributed by atoms with Gasteiger partial charge in [0.15, 0.2) is 5.82 Å². The topological polar surface area (TPSA) is 103 Å². The van der Waals surface area contributed by atoms with E-state index in [2.05, 4.69) is 26.6 Å². The first-order chi connectivity index (χ1) is 15.1. The number of rotatable bonds is 5. The molecule has 2 fully saturated rings. The highest BCUT2D eigenvalue weighted by molar-refractivity contribution is 5.94. The number of aromatic nitrogens is 5. The van der Waals surface area contributed by atoms with E-state index in [9.17, 15) is 9.59 Å². The molecule has 1 saturated carbocycles. The van der Waals surface area contributed by atoms with E-state index in [0.717, 1.165) is 50.6 Å². The summed E-state index contributed by atoms with van der Waals surface area (Å²) in [5, 5.41) is 11.1. The van der Waals surface area contributed by atoms with Crippen LogP contribution in [0.25, 0.3) is 5.82 Å². The Hall–Kier alpha value is -3.10. The van der Waals surface area contributed by atoms with Gasteiger partial charge in [-0.05, 0) is 79.8 Å². The average Bonchev–Trinajstić information content (AvgIpc) is 3.51. The van der Waals surface area contributed by atoms with Crippen LogP contribution < -0.4 is 0 Å². The lowest BCUT2D eigenvalue weighted by Crippen LogP contribution is -2.37. The molecule has 1 spiro atoms. The number of pyridine rings is 1. The fraction of sp³-hybridized carbons (Fsp3) is 0.545. The van der Waals surface area contributed by atoms with Crippen LogP contribution in [0.4, 0.5) is 0 Å². The number of likely N-dealkylation sites (tertiary alicyclic amines) is 1. The zero-order valence-electron chi connectivity index (χ0n) is 17.7. The number of hydrogen-bond donors (Lipinski definition) is 0. The lowest BCUT2D eigenvalue weighted by Gasteiger charge is -2.36. The largest absolute Gasteiger partial charge is 0.456 e. The molecular weight excluding hydrogens is 396 g/mol. The molecule has 2 aliphatic heterocycles. The van der Waals surface area contributed by atoms with Crippen molar-refractivity contribution in [2.75, 3.05) is 13.2 Å². The third-order valence-corrected chi connectivity index (χ3v) is 7.21. The number of hydrogen-bond acceptors (Lipinski definition) is 7. The third-order valence-electron chi connectivity index (χ3n) is 7.21. The van der Waals surface area contributed by atoms with Crippen molar-refractivity contribution in [2.24, 2.45) is 11.3 Å². The lowest BCUT2D eigenvalue weighted by molar-refractivity contribution is -0.138. The van der Waals surface area contributed by atoms with E-state index in [1.807, 2.05) is 17.2 Å². The first-order valence-corrected chi connectivity index (χ1v) is 10.9. The van der Waals surface area contributed by atoms with Crippen LogP contribution in [-0.2, 0) is 20.7 Å². The fourth-order valence-corrected chi connectivity index (χ4v) is 5.15. The normalized spacial score (nSPS) is 26.2. The summed E-state index contributed by atoms with van der Waals surface area (Å²) in [6.07, 6.45) is 10.4. The van der Waals surface area contributed by atoms with Crippen LogP contribution >= 0.6 is 0 Å². The summed E-state index contributed by atoms with van der Waals surface area (Å²) in [6.45, 7) is 2.69. The van der Waals surface area contributed by atoms with Crippen LogP contribution in [0.2, 0.25) is 0 Å². The maximum atomic E-state index is 13.2. The molecule has 0 aromatic carbocycles. The zero-order chi connectivity index (χ0) is 21.4. The smallest absolute Gasteiger partial charge is 0.336 e. The maximum absolute atomic E-state index is 13.2. The van der Waals surface area contributed by atoms with Crippen molar-refractivity contribution in [1.82, 2.24) is 30.1 Å². The quantitative estimate of drug-likeness (QED) is 0.681. The van der Waals surface area contributed by atoms with E-state index in [0.29, 0.717) is 23.9 Å². The summed E-state index contributed by atoms with van der Waals surface area (Å²) < 4.78 is 6.65. The molecule has 9 nitrogen and oxygen atoms in total. The molecule has 0 bridgehead atoms. The van der Waals surface area contributed by atoms with E-state index in [1.54, 1.807) is 6.92 Å². The monoisotopic (exact) mass is 422 g/mol. The minimum atomic E-state index is -0.298. The second-order valence-corrected chi connectivity index (χ2v) is 8.90. The van der Waals surface area contributed by atoms with E-state index in [4.69, 9.17) is 4.74 Å². The number of carbonyl (C=O) groups is 2. The molecule has 1 saturated heterocycles. The second kappa shape index (κ2) is 7.86. The molecule has 162 valence electrons. The van der Waals surface area contributed by atoms with Crippen LogP contribution in [-0.4, -0.2) is 55.1 Å². The predicted molar refractivity (Wildman–Crippen MR) is 110 cm³/mol. The highest BCUT2D eigenvalue weighted by Crippen LogP contribution is 2.48. The van der Waals surface area contributed by atoms with Crippen molar-refractivity contribution in [1.29, 1.82) is 0 Å². The Morgan fingerprint density at radius 3 is 2.68 bits per heavy atom. The number of esters is 1. The van der Waals surface area contributed by atoms with Gasteiger partial charge in [0.05, 0.1) is 16.7 Å². The van der Waals surface area contributed by atoms with Gasteiger partial charge in [-0.15, -0.1) is 5.10 Å². The van der Waals surface area contributed by atoms with Crippen molar-refractivity contribution in [2.45, 2.75) is 51.9 Å². The van der Waals surface area contributed by atoms with Crippen LogP contribution in [0, 0.1) is 11.3 Å². The number of tetrazole rings is 1. The predicted octanol–water partition coefficient (Wildman–Crippen LogP) is 2.23. The molecule has 3 aliphatic rings. The Labute approximate surface area is 180 Å². The van der Waals surface area contributed by atoms with E-state index in [-0.39, 0.29) is 23.9 Å². The number of cyclic esters (lactones) is 1. The van der Waals surface area contributed by atoms with Gasteiger partial charge in [0, 0.05) is 12.7 Å². The molecule has 31 heavy (non-hydrogen) atoms. The molecule has 0 unspecified atom stereocenters. The molecule has 2 aromatic rings. The molecule has 9 heteroatoms. The summed E-state index contributed by atoms with van der Waals surface area (Å²) >= 11 is 0. The first kappa shape index (κ1) is 19.8. The molecule has 2 aromatic heterocycles. The third kappa shape index (κ3) is 3.62. The van der Waals surface area contributed by atoms with Gasteiger partial charge < -0.3 is 9.64 Å². The van der Waals surface area contributed by atoms with E-state index >= 15 is 0 Å². The van der Waals surface area contributed by atoms with Gasteiger partial charge in [-0.2, -0.15) is 4.68 Å². The minimum absolute atomic E-state index is 0.195. The number of carbonyl (C=O) groups excluding carboxylic acids is 2. The minimum Gasteiger partial charge on any atom is -0.456 e. The fourth-order valence-electron chi connectivity index (χ4n) is 5.15. The van der Waals surface area contributed by atoms with Gasteiger partial charge in [-0.1, -0.05) is 6.07 Å². The summed E-state index contributed by atoms with van der Waals surface area (Å²) in [7, 11) is 0. The standard InChI is InChI=1S/C22H26N6O3/c1-15-18(13-31-20(15)29)27-11-10-22(21(27)30)8-6-16(7-9-22)2-3-17-4-5-19(23-12-17)28-14-24-25-26-28/h4-5,12,14,16H,2-3,6-11,13H2,1H3. The van der Waals surface area contributed by atoms with Crippen molar-refractivity contribution in [3.05, 3.63) is 41.5 Å². The molecular formula is C22H26N6O3. The van der Waals surface area contributed by atoms with Crippen molar-refractivity contribution >= 4 is 11.9 Å². The maximum Gasteiger partial charge on any atom is 0.336 e. The summed E-state index contributed by atoms with van der Waals surface area (Å²) in [4.78, 5) is 31.2. The van der Waals surface area contributed by atoms with Crippen LogP contribution in [0.3, 0.4) is 0 Å². The zero-order valence-corrected chi connectivity index (χ0v) is 17.7. The number of ether oxygens (including phenoxy) is 1. The number of amides is 1. The van der Waals surface area contributed by atoms with Gasteiger partial charge >= 0.3 is 5.97 Å². The van der Waals surface area contributed by atoms with Gasteiger partial charge in [0.2, 0.25) is 5.91 Å². The highest BCUT2D eigenvalue weighted by atomic mass is 16.5. The Morgan fingerprint density at radius 2 is 2.03 bits per heavy atom. The van der Waals surface area contributed by atoms with Crippen LogP contribution in [0.5, 0.6) is 0 Å². The number of nitrogens with zero attached hydrogens (tertiary/aromatic N) is 6. The van der Waals surface area contributed by atoms with Crippen LogP contribution in [0.1, 0.15) is 51.0 Å². The van der Waals surface area contributed by atoms with Gasteiger partial charge in [-0.25, -0.2) is 9.78 Å². The SMILES string of the molecule is CC1=C(N2CCC3(CCC(CCc4ccc(-n5cnnn5)nc4)CC3)C2=O)COC1=O. The van der Waals surface area contributed by atoms with E-state index in [1.165, 1.54) is 16.6 Å². The molecule has 0 radical (unpaired) electrons. The molecule has 4 heterocycles. The van der Waals surface area contributed by atoms with Crippen molar-refractivity contribution in [3.63, 3.8) is 0 Å². The molecule has 0 N–H and O–H groups in total. The highest BCUT2D eigenvalue weighted by Gasteiger charge is 2.50. The van der Waals surface area contributed by atoms with Crippen molar-refractivity contribution in [3.8, 4) is 5.82 Å². The van der Waals surface area contributed by atoms with Crippen LogP contribution in [0.15, 0.2) is 35.9 Å². The molecule has 1 amide bonds. The Morgan fingerprint density at radius 1 is 1.19 bits per heavy atom. The Bertz CT molecular complexity index is 1010. The Kier molecular flexibility index (Phi) is 5.03. The molecule has 1 aliphatic carbocycles.